The zero-order valence-electron chi connectivity index (χ0n) is 10.3. The van der Waals surface area contributed by atoms with Gasteiger partial charge in [-0.25, -0.2) is 13.4 Å². The number of morpholine rings is 1. The molecule has 1 saturated heterocycles. The van der Waals surface area contributed by atoms with Crippen LogP contribution >= 0.6 is 15.9 Å². The van der Waals surface area contributed by atoms with Crippen molar-refractivity contribution in [1.82, 2.24) is 13.9 Å². The summed E-state index contributed by atoms with van der Waals surface area (Å²) >= 11 is 3.32. The molecule has 0 amide bonds. The third-order valence-electron chi connectivity index (χ3n) is 3.01. The summed E-state index contributed by atoms with van der Waals surface area (Å²) in [4.78, 5) is 4.10. The Morgan fingerprint density at radius 3 is 2.89 bits per heavy atom. The maximum atomic E-state index is 12.5. The number of ether oxygens (including phenoxy) is 1. The Bertz CT molecular complexity index is 509. The lowest BCUT2D eigenvalue weighted by Gasteiger charge is -2.32. The lowest BCUT2D eigenvalue weighted by molar-refractivity contribution is 0.0412. The predicted molar refractivity (Wildman–Crippen MR) is 70.2 cm³/mol. The highest BCUT2D eigenvalue weighted by Gasteiger charge is 2.35. The van der Waals surface area contributed by atoms with Gasteiger partial charge in [0.2, 0.25) is 0 Å². The molecule has 0 spiro atoms. The number of hydrogen-bond acceptors (Lipinski definition) is 4. The molecule has 1 atom stereocenters. The molecule has 0 N–H and O–H groups in total. The molecule has 1 fully saturated rings. The molecule has 2 heterocycles. The highest BCUT2D eigenvalue weighted by atomic mass is 79.9. The molecule has 0 bridgehead atoms. The van der Waals surface area contributed by atoms with Crippen LogP contribution in [0.3, 0.4) is 0 Å². The number of sulfonamides is 1. The van der Waals surface area contributed by atoms with E-state index in [-0.39, 0.29) is 11.1 Å². The van der Waals surface area contributed by atoms with Gasteiger partial charge in [0.1, 0.15) is 5.82 Å². The summed E-state index contributed by atoms with van der Waals surface area (Å²) in [7, 11) is -1.75. The fourth-order valence-electron chi connectivity index (χ4n) is 1.85. The van der Waals surface area contributed by atoms with E-state index in [0.29, 0.717) is 30.9 Å². The number of rotatable bonds is 3. The van der Waals surface area contributed by atoms with Crippen LogP contribution in [0.4, 0.5) is 0 Å². The van der Waals surface area contributed by atoms with Gasteiger partial charge in [-0.05, 0) is 6.92 Å². The van der Waals surface area contributed by atoms with Gasteiger partial charge in [-0.3, -0.25) is 0 Å². The summed E-state index contributed by atoms with van der Waals surface area (Å²) in [6.07, 6.45) is 1.55. The van der Waals surface area contributed by atoms with Crippen LogP contribution in [0.25, 0.3) is 0 Å². The summed E-state index contributed by atoms with van der Waals surface area (Å²) in [5.41, 5.74) is 0. The van der Waals surface area contributed by atoms with Crippen LogP contribution in [-0.4, -0.2) is 53.4 Å². The third-order valence-corrected chi connectivity index (χ3v) is 5.58. The molecule has 1 aromatic heterocycles. The Balaban J connectivity index is 2.35. The molecule has 0 saturated carbocycles. The van der Waals surface area contributed by atoms with E-state index in [1.807, 2.05) is 0 Å². The second kappa shape index (κ2) is 5.28. The van der Waals surface area contributed by atoms with Gasteiger partial charge in [0.05, 0.1) is 19.3 Å². The highest BCUT2D eigenvalue weighted by molar-refractivity contribution is 9.09. The molecule has 0 aliphatic carbocycles. The van der Waals surface area contributed by atoms with E-state index in [9.17, 15) is 8.42 Å². The molecule has 0 aromatic carbocycles. The Kier molecular flexibility index (Phi) is 4.10. The standard InChI is InChI=1S/C10H16BrN3O3S/c1-8-12-10(6-13(8)2)18(15,16)14-3-4-17-7-9(14)5-11/h6,9H,3-5,7H2,1-2H3. The van der Waals surface area contributed by atoms with Crippen molar-refractivity contribution < 1.29 is 13.2 Å². The first-order valence-corrected chi connectivity index (χ1v) is 8.18. The molecule has 1 aliphatic rings. The topological polar surface area (TPSA) is 64.4 Å². The maximum Gasteiger partial charge on any atom is 0.262 e. The molecule has 6 nitrogen and oxygen atoms in total. The van der Waals surface area contributed by atoms with E-state index in [4.69, 9.17) is 4.74 Å². The lowest BCUT2D eigenvalue weighted by Crippen LogP contribution is -2.49. The van der Waals surface area contributed by atoms with Crippen LogP contribution in [0.5, 0.6) is 0 Å². The fraction of sp³-hybridized carbons (Fsp3) is 0.700. The zero-order valence-corrected chi connectivity index (χ0v) is 12.7. The van der Waals surface area contributed by atoms with Gasteiger partial charge in [-0.1, -0.05) is 15.9 Å². The molecule has 2 rings (SSSR count). The molecule has 1 aliphatic heterocycles. The Labute approximate surface area is 115 Å². The molecular weight excluding hydrogens is 322 g/mol. The van der Waals surface area contributed by atoms with E-state index < -0.39 is 10.0 Å². The van der Waals surface area contributed by atoms with Gasteiger partial charge in [0, 0.05) is 25.1 Å². The van der Waals surface area contributed by atoms with Gasteiger partial charge in [0.15, 0.2) is 5.03 Å². The Morgan fingerprint density at radius 2 is 2.33 bits per heavy atom. The average molecular weight is 338 g/mol. The molecule has 1 aromatic rings. The quantitative estimate of drug-likeness (QED) is 0.754. The minimum Gasteiger partial charge on any atom is -0.378 e. The van der Waals surface area contributed by atoms with Gasteiger partial charge >= 0.3 is 0 Å². The first-order chi connectivity index (χ1) is 8.46. The number of imidazole rings is 1. The van der Waals surface area contributed by atoms with Crippen molar-refractivity contribution in [3.05, 3.63) is 12.0 Å². The zero-order chi connectivity index (χ0) is 13.3. The smallest absolute Gasteiger partial charge is 0.262 e. The van der Waals surface area contributed by atoms with Crippen LogP contribution in [0, 0.1) is 6.92 Å². The van der Waals surface area contributed by atoms with Crippen LogP contribution in [-0.2, 0) is 21.8 Å². The van der Waals surface area contributed by atoms with E-state index in [1.165, 1.54) is 4.31 Å². The number of aromatic nitrogens is 2. The number of hydrogen-bond donors (Lipinski definition) is 0. The van der Waals surface area contributed by atoms with E-state index in [2.05, 4.69) is 20.9 Å². The molecule has 1 unspecified atom stereocenters. The van der Waals surface area contributed by atoms with Crippen LogP contribution in [0.15, 0.2) is 11.2 Å². The van der Waals surface area contributed by atoms with E-state index in [1.54, 1.807) is 24.7 Å². The van der Waals surface area contributed by atoms with Gasteiger partial charge < -0.3 is 9.30 Å². The molecule has 0 radical (unpaired) electrons. The molecule has 18 heavy (non-hydrogen) atoms. The van der Waals surface area contributed by atoms with Crippen molar-refractivity contribution in [3.63, 3.8) is 0 Å². The van der Waals surface area contributed by atoms with Crippen molar-refractivity contribution in [2.75, 3.05) is 25.1 Å². The second-order valence-electron chi connectivity index (χ2n) is 4.24. The van der Waals surface area contributed by atoms with Gasteiger partial charge in [-0.15, -0.1) is 0 Å². The Hall–Kier alpha value is -0.440. The summed E-state index contributed by atoms with van der Waals surface area (Å²) in [6.45, 7) is 2.99. The van der Waals surface area contributed by atoms with Crippen molar-refractivity contribution in [2.24, 2.45) is 7.05 Å². The number of halogens is 1. The molecule has 102 valence electrons. The number of alkyl halides is 1. The Morgan fingerprint density at radius 1 is 1.61 bits per heavy atom. The van der Waals surface area contributed by atoms with E-state index >= 15 is 0 Å². The molecular formula is C10H16BrN3O3S. The minimum atomic E-state index is -3.53. The van der Waals surface area contributed by atoms with Crippen molar-refractivity contribution >= 4 is 26.0 Å². The van der Waals surface area contributed by atoms with Crippen LogP contribution < -0.4 is 0 Å². The monoisotopic (exact) mass is 337 g/mol. The molecule has 8 heteroatoms. The normalized spacial score (nSPS) is 22.3. The third kappa shape index (κ3) is 2.47. The minimum absolute atomic E-state index is 0.107. The SMILES string of the molecule is Cc1nc(S(=O)(=O)N2CCOCC2CBr)cn1C. The van der Waals surface area contributed by atoms with Gasteiger partial charge in [-0.2, -0.15) is 4.31 Å². The summed E-state index contributed by atoms with van der Waals surface area (Å²) in [5.74, 6) is 0.678. The average Bonchev–Trinajstić information content (AvgIpc) is 2.70. The van der Waals surface area contributed by atoms with Crippen molar-refractivity contribution in [3.8, 4) is 0 Å². The van der Waals surface area contributed by atoms with Gasteiger partial charge in [0.25, 0.3) is 10.0 Å². The second-order valence-corrected chi connectivity index (χ2v) is 6.72. The highest BCUT2D eigenvalue weighted by Crippen LogP contribution is 2.20. The maximum absolute atomic E-state index is 12.5. The largest absolute Gasteiger partial charge is 0.378 e. The first kappa shape index (κ1) is 14.0. The fourth-order valence-corrected chi connectivity index (χ4v) is 4.20. The summed E-state index contributed by atoms with van der Waals surface area (Å²) in [6, 6.07) is -0.175. The van der Waals surface area contributed by atoms with E-state index in [0.717, 1.165) is 0 Å². The van der Waals surface area contributed by atoms with Crippen LogP contribution in [0.1, 0.15) is 5.82 Å². The number of nitrogens with zero attached hydrogens (tertiary/aromatic N) is 3. The predicted octanol–water partition coefficient (Wildman–Crippen LogP) is 0.513. The summed E-state index contributed by atoms with van der Waals surface area (Å²) in [5, 5.41) is 0.660. The van der Waals surface area contributed by atoms with Crippen molar-refractivity contribution in [1.29, 1.82) is 0 Å². The first-order valence-electron chi connectivity index (χ1n) is 5.62. The van der Waals surface area contributed by atoms with Crippen LogP contribution in [0.2, 0.25) is 0 Å². The number of aryl methyl sites for hydroxylation is 2. The van der Waals surface area contributed by atoms with Crippen molar-refractivity contribution in [2.45, 2.75) is 18.0 Å². The lowest BCUT2D eigenvalue weighted by atomic mass is 10.3. The summed E-state index contributed by atoms with van der Waals surface area (Å²) < 4.78 is 33.5.